The van der Waals surface area contributed by atoms with Gasteiger partial charge in [0.15, 0.2) is 12.2 Å². The molecule has 1 aliphatic carbocycles. The minimum absolute atomic E-state index is 0.00755. The van der Waals surface area contributed by atoms with Crippen molar-refractivity contribution in [2.45, 2.75) is 103 Å². The Morgan fingerprint density at radius 2 is 1.59 bits per heavy atom. The molecule has 0 amide bonds. The van der Waals surface area contributed by atoms with Crippen LogP contribution in [0.2, 0.25) is 0 Å². The standard InChI is InChI=1S/C44H46O7/c1-25(2)33-19-14-27-12-15-29(16-13-27)34-20-17-30(28-10-8-7-9-11-28)22-32(34)24-37(45)48-40-38-36(51-44(5,6)41(40)50-42(33)46)21-18-31-23-35(26(3)4)43(47)49-39(31)38/h7-13,15-18,20-21,23,26,30,32,34,40-41H,14,19,22,24H2,1-6H3/t30-,32+,34-,40+,41+/m1/s1. The highest BCUT2D eigenvalue weighted by Gasteiger charge is 2.50. The molecule has 7 nitrogen and oxygen atoms in total. The number of fused-ring (bicyclic) bond motifs is 11. The van der Waals surface area contributed by atoms with Gasteiger partial charge in [0.25, 0.3) is 0 Å². The van der Waals surface area contributed by atoms with Crippen LogP contribution in [0.25, 0.3) is 11.0 Å². The molecule has 1 aromatic heterocycles. The highest BCUT2D eigenvalue weighted by atomic mass is 16.6. The van der Waals surface area contributed by atoms with Gasteiger partial charge in [-0.3, -0.25) is 4.79 Å². The first-order valence-electron chi connectivity index (χ1n) is 18.1. The number of allylic oxidation sites excluding steroid dienone is 3. The molecule has 2 bridgehead atoms. The van der Waals surface area contributed by atoms with Gasteiger partial charge in [-0.1, -0.05) is 86.2 Å². The SMILES string of the molecule is CC(C)=C1CCc2ccc(cc2)[C@H]2C=C[C@@H](c3ccccc3)C[C@H]2CC(=O)O[C@H]2c3c(ccc4cc(C(C)C)c(=O)oc34)OC(C)(C)[C@H]2OC1=O. The third-order valence-electron chi connectivity index (χ3n) is 10.8. The van der Waals surface area contributed by atoms with E-state index in [2.05, 4.69) is 48.6 Å². The van der Waals surface area contributed by atoms with Crippen molar-refractivity contribution >= 4 is 22.9 Å². The normalized spacial score (nSPS) is 24.6. The third kappa shape index (κ3) is 6.78. The number of carbonyl (C=O) groups excluding carboxylic acids is 2. The maximum Gasteiger partial charge on any atom is 0.339 e. The molecular formula is C44H46O7. The van der Waals surface area contributed by atoms with E-state index in [1.807, 2.05) is 77.9 Å². The molecule has 264 valence electrons. The summed E-state index contributed by atoms with van der Waals surface area (Å²) in [5, 5.41) is 0.671. The zero-order valence-electron chi connectivity index (χ0n) is 30.2. The minimum atomic E-state index is -1.10. The summed E-state index contributed by atoms with van der Waals surface area (Å²) in [5.74, 6) is -0.455. The number of esters is 2. The van der Waals surface area contributed by atoms with E-state index in [9.17, 15) is 14.4 Å². The van der Waals surface area contributed by atoms with E-state index in [4.69, 9.17) is 18.6 Å². The Labute approximate surface area is 299 Å². The fourth-order valence-corrected chi connectivity index (χ4v) is 7.97. The van der Waals surface area contributed by atoms with E-state index in [1.54, 1.807) is 0 Å². The molecular weight excluding hydrogens is 640 g/mol. The maximum absolute atomic E-state index is 14.4. The molecule has 4 aliphatic rings. The van der Waals surface area contributed by atoms with Crippen molar-refractivity contribution in [3.8, 4) is 5.75 Å². The number of hydrogen-bond donors (Lipinski definition) is 0. The second kappa shape index (κ2) is 13.7. The second-order valence-electron chi connectivity index (χ2n) is 15.3. The van der Waals surface area contributed by atoms with Crippen LogP contribution in [0.1, 0.15) is 112 Å². The first-order valence-corrected chi connectivity index (χ1v) is 18.1. The number of benzene rings is 3. The van der Waals surface area contributed by atoms with Gasteiger partial charge in [-0.05, 0) is 93.7 Å². The minimum Gasteiger partial charge on any atom is -0.483 e. The molecule has 7 heteroatoms. The van der Waals surface area contributed by atoms with Crippen molar-refractivity contribution in [3.05, 3.63) is 134 Å². The molecule has 3 aromatic carbocycles. The summed E-state index contributed by atoms with van der Waals surface area (Å²) >= 11 is 0. The zero-order chi connectivity index (χ0) is 36.0. The van der Waals surface area contributed by atoms with Crippen LogP contribution in [0.3, 0.4) is 0 Å². The molecule has 51 heavy (non-hydrogen) atoms. The Balaban J connectivity index is 1.36. The van der Waals surface area contributed by atoms with Crippen LogP contribution in [0.4, 0.5) is 0 Å². The lowest BCUT2D eigenvalue weighted by Gasteiger charge is -2.43. The fourth-order valence-electron chi connectivity index (χ4n) is 7.97. The molecule has 4 aromatic rings. The van der Waals surface area contributed by atoms with E-state index in [1.165, 1.54) is 5.56 Å². The lowest BCUT2D eigenvalue weighted by Crippen LogP contribution is -2.52. The highest BCUT2D eigenvalue weighted by molar-refractivity contribution is 5.90. The van der Waals surface area contributed by atoms with E-state index in [0.29, 0.717) is 40.7 Å². The van der Waals surface area contributed by atoms with Crippen LogP contribution in [0.5, 0.6) is 5.75 Å². The third-order valence-corrected chi connectivity index (χ3v) is 10.8. The first kappa shape index (κ1) is 34.5. The Bertz CT molecular complexity index is 2080. The maximum atomic E-state index is 14.4. The second-order valence-corrected chi connectivity index (χ2v) is 15.3. The van der Waals surface area contributed by atoms with Crippen LogP contribution in [-0.2, 0) is 25.5 Å². The van der Waals surface area contributed by atoms with E-state index in [0.717, 1.165) is 23.1 Å². The molecule has 8 rings (SSSR count). The Morgan fingerprint density at radius 3 is 2.29 bits per heavy atom. The van der Waals surface area contributed by atoms with Crippen molar-refractivity contribution < 1.29 is 28.2 Å². The Hall–Kier alpha value is -4.91. The molecule has 0 unspecified atom stereocenters. The van der Waals surface area contributed by atoms with Crippen LogP contribution in [-0.4, -0.2) is 23.6 Å². The summed E-state index contributed by atoms with van der Waals surface area (Å²) in [6, 6.07) is 24.4. The van der Waals surface area contributed by atoms with Crippen LogP contribution in [0.15, 0.2) is 105 Å². The average molecular weight is 687 g/mol. The van der Waals surface area contributed by atoms with Crippen molar-refractivity contribution in [1.29, 1.82) is 0 Å². The van der Waals surface area contributed by atoms with Gasteiger partial charge < -0.3 is 18.6 Å². The molecule has 4 heterocycles. The summed E-state index contributed by atoms with van der Waals surface area (Å²) < 4.78 is 25.4. The average Bonchev–Trinajstić information content (AvgIpc) is 3.09. The quantitative estimate of drug-likeness (QED) is 0.0898. The van der Waals surface area contributed by atoms with Crippen molar-refractivity contribution in [2.24, 2.45) is 5.92 Å². The highest BCUT2D eigenvalue weighted by Crippen LogP contribution is 2.48. The molecule has 0 N–H and O–H groups in total. The molecule has 5 atom stereocenters. The smallest absolute Gasteiger partial charge is 0.339 e. The van der Waals surface area contributed by atoms with Crippen LogP contribution >= 0.6 is 0 Å². The van der Waals surface area contributed by atoms with E-state index in [-0.39, 0.29) is 35.7 Å². The van der Waals surface area contributed by atoms with Crippen molar-refractivity contribution in [2.75, 3.05) is 0 Å². The summed E-state index contributed by atoms with van der Waals surface area (Å²) in [4.78, 5) is 41.7. The zero-order valence-corrected chi connectivity index (χ0v) is 30.2. The van der Waals surface area contributed by atoms with Gasteiger partial charge in [-0.15, -0.1) is 0 Å². The van der Waals surface area contributed by atoms with Gasteiger partial charge in [0.2, 0.25) is 0 Å². The number of carbonyl (C=O) groups is 2. The molecule has 0 spiro atoms. The van der Waals surface area contributed by atoms with E-state index >= 15 is 0 Å². The van der Waals surface area contributed by atoms with Gasteiger partial charge >= 0.3 is 17.6 Å². The largest absolute Gasteiger partial charge is 0.483 e. The molecule has 0 fully saturated rings. The van der Waals surface area contributed by atoms with Gasteiger partial charge in [0.1, 0.15) is 16.9 Å². The molecule has 0 saturated carbocycles. The molecule has 3 aliphatic heterocycles. The first-order chi connectivity index (χ1) is 24.4. The fraction of sp³-hybridized carbons (Fsp3) is 0.386. The lowest BCUT2D eigenvalue weighted by atomic mass is 9.72. The molecule has 0 saturated heterocycles. The predicted octanol–water partition coefficient (Wildman–Crippen LogP) is 9.40. The van der Waals surface area contributed by atoms with Crippen LogP contribution < -0.4 is 10.4 Å². The monoisotopic (exact) mass is 686 g/mol. The van der Waals surface area contributed by atoms with Crippen LogP contribution in [0, 0.1) is 5.92 Å². The Kier molecular flexibility index (Phi) is 9.25. The number of hydrogen-bond acceptors (Lipinski definition) is 7. The van der Waals surface area contributed by atoms with Crippen molar-refractivity contribution in [3.63, 3.8) is 0 Å². The van der Waals surface area contributed by atoms with Gasteiger partial charge in [-0.2, -0.15) is 0 Å². The van der Waals surface area contributed by atoms with Gasteiger partial charge in [0, 0.05) is 34.8 Å². The number of aryl methyl sites for hydroxylation is 1. The number of rotatable bonds is 2. The van der Waals surface area contributed by atoms with Crippen molar-refractivity contribution in [1.82, 2.24) is 0 Å². The summed E-state index contributed by atoms with van der Waals surface area (Å²) in [5.41, 5.74) is 4.50. The predicted molar refractivity (Wildman–Crippen MR) is 197 cm³/mol. The number of ether oxygens (including phenoxy) is 3. The summed E-state index contributed by atoms with van der Waals surface area (Å²) in [6.45, 7) is 11.3. The topological polar surface area (TPSA) is 92.0 Å². The van der Waals surface area contributed by atoms with Gasteiger partial charge in [-0.25, -0.2) is 9.59 Å². The Morgan fingerprint density at radius 1 is 0.843 bits per heavy atom. The summed E-state index contributed by atoms with van der Waals surface area (Å²) in [6.07, 6.45) is 4.42. The molecule has 0 radical (unpaired) electrons. The van der Waals surface area contributed by atoms with E-state index < -0.39 is 35.4 Å². The lowest BCUT2D eigenvalue weighted by molar-refractivity contribution is -0.188. The van der Waals surface area contributed by atoms with Gasteiger partial charge in [0.05, 0.1) is 5.56 Å². The summed E-state index contributed by atoms with van der Waals surface area (Å²) in [7, 11) is 0.